The first-order valence-corrected chi connectivity index (χ1v) is 11.7. The summed E-state index contributed by atoms with van der Waals surface area (Å²) in [6.45, 7) is 0.750. The number of rotatable bonds is 4. The zero-order valence-electron chi connectivity index (χ0n) is 16.7. The van der Waals surface area contributed by atoms with Gasteiger partial charge in [0.1, 0.15) is 16.8 Å². The van der Waals surface area contributed by atoms with Crippen molar-refractivity contribution in [3.05, 3.63) is 77.2 Å². The minimum Gasteiger partial charge on any atom is -0.322 e. The van der Waals surface area contributed by atoms with Crippen LogP contribution in [0, 0.1) is 5.82 Å². The minimum atomic E-state index is -1.03. The van der Waals surface area contributed by atoms with Crippen LogP contribution in [0.15, 0.2) is 60.8 Å². The summed E-state index contributed by atoms with van der Waals surface area (Å²) in [5, 5.41) is 3.24. The van der Waals surface area contributed by atoms with Crippen LogP contribution in [0.1, 0.15) is 29.6 Å². The number of amides is 1. The SMILES string of the molecule is O=C(Nc1ccc(Cl)c(-c2cc(F)ccn2)c1)c1ccc(N2CCCCCS2=O)cc1. The van der Waals surface area contributed by atoms with E-state index in [9.17, 15) is 13.4 Å². The van der Waals surface area contributed by atoms with Crippen LogP contribution in [0.5, 0.6) is 0 Å². The van der Waals surface area contributed by atoms with Gasteiger partial charge in [-0.25, -0.2) is 8.60 Å². The van der Waals surface area contributed by atoms with Gasteiger partial charge in [0.15, 0.2) is 0 Å². The normalized spacial score (nSPS) is 16.6. The van der Waals surface area contributed by atoms with Gasteiger partial charge in [0.2, 0.25) is 0 Å². The molecule has 1 N–H and O–H groups in total. The van der Waals surface area contributed by atoms with Crippen LogP contribution >= 0.6 is 11.6 Å². The molecule has 1 aliphatic heterocycles. The van der Waals surface area contributed by atoms with Crippen molar-refractivity contribution in [2.45, 2.75) is 19.3 Å². The third-order valence-electron chi connectivity index (χ3n) is 5.07. The fraction of sp³-hybridized carbons (Fsp3) is 0.217. The number of halogens is 2. The summed E-state index contributed by atoms with van der Waals surface area (Å²) in [7, 11) is -1.03. The van der Waals surface area contributed by atoms with Crippen molar-refractivity contribution in [3.63, 3.8) is 0 Å². The number of benzene rings is 2. The lowest BCUT2D eigenvalue weighted by atomic mass is 10.1. The quantitative estimate of drug-likeness (QED) is 0.566. The van der Waals surface area contributed by atoms with E-state index in [0.717, 1.165) is 31.5 Å². The number of carbonyl (C=O) groups excluding carboxylic acids is 1. The number of anilines is 2. The molecule has 0 spiro atoms. The first kappa shape index (κ1) is 21.5. The molecule has 5 nitrogen and oxygen atoms in total. The number of hydrogen-bond acceptors (Lipinski definition) is 3. The van der Waals surface area contributed by atoms with Crippen molar-refractivity contribution in [1.29, 1.82) is 0 Å². The van der Waals surface area contributed by atoms with Gasteiger partial charge in [0.25, 0.3) is 5.91 Å². The smallest absolute Gasteiger partial charge is 0.255 e. The fourth-order valence-electron chi connectivity index (χ4n) is 3.45. The van der Waals surface area contributed by atoms with Crippen LogP contribution in [0.25, 0.3) is 11.3 Å². The molecule has 0 aliphatic carbocycles. The van der Waals surface area contributed by atoms with Crippen molar-refractivity contribution >= 4 is 39.9 Å². The number of nitrogens with zero attached hydrogens (tertiary/aromatic N) is 2. The molecule has 31 heavy (non-hydrogen) atoms. The predicted octanol–water partition coefficient (Wildman–Crippen LogP) is 5.45. The Bertz CT molecular complexity index is 1120. The van der Waals surface area contributed by atoms with Crippen LogP contribution in [0.2, 0.25) is 5.02 Å². The Labute approximate surface area is 187 Å². The molecule has 1 unspecified atom stereocenters. The number of aromatic nitrogens is 1. The Morgan fingerprint density at radius 2 is 1.87 bits per heavy atom. The van der Waals surface area contributed by atoms with Crippen LogP contribution < -0.4 is 9.62 Å². The van der Waals surface area contributed by atoms with Gasteiger partial charge in [-0.3, -0.25) is 14.1 Å². The van der Waals surface area contributed by atoms with E-state index in [0.29, 0.717) is 33.3 Å². The van der Waals surface area contributed by atoms with Gasteiger partial charge >= 0.3 is 0 Å². The predicted molar refractivity (Wildman–Crippen MR) is 123 cm³/mol. The summed E-state index contributed by atoms with van der Waals surface area (Å²) in [5.74, 6) is -0.0358. The zero-order chi connectivity index (χ0) is 21.8. The number of nitrogens with one attached hydrogen (secondary N) is 1. The van der Waals surface area contributed by atoms with E-state index in [4.69, 9.17) is 11.6 Å². The first-order chi connectivity index (χ1) is 15.0. The summed E-state index contributed by atoms with van der Waals surface area (Å²) in [5.41, 5.74) is 2.76. The second-order valence-corrected chi connectivity index (χ2v) is 9.14. The van der Waals surface area contributed by atoms with Gasteiger partial charge in [0, 0.05) is 47.1 Å². The van der Waals surface area contributed by atoms with E-state index in [1.807, 2.05) is 16.4 Å². The highest BCUT2D eigenvalue weighted by Crippen LogP contribution is 2.30. The third kappa shape index (κ3) is 5.11. The molecule has 1 aromatic heterocycles. The topological polar surface area (TPSA) is 62.3 Å². The fourth-order valence-corrected chi connectivity index (χ4v) is 5.03. The monoisotopic (exact) mass is 457 g/mol. The lowest BCUT2D eigenvalue weighted by molar-refractivity contribution is 0.102. The molecule has 1 fully saturated rings. The molecule has 1 saturated heterocycles. The molecule has 1 aliphatic rings. The van der Waals surface area contributed by atoms with E-state index in [1.54, 1.807) is 30.3 Å². The lowest BCUT2D eigenvalue weighted by Gasteiger charge is -2.21. The summed E-state index contributed by atoms with van der Waals surface area (Å²) in [6, 6.07) is 14.6. The second-order valence-electron chi connectivity index (χ2n) is 7.24. The highest BCUT2D eigenvalue weighted by Gasteiger charge is 2.17. The highest BCUT2D eigenvalue weighted by molar-refractivity contribution is 7.86. The van der Waals surface area contributed by atoms with E-state index < -0.39 is 16.8 Å². The maximum atomic E-state index is 13.6. The van der Waals surface area contributed by atoms with Gasteiger partial charge in [-0.15, -0.1) is 0 Å². The molecular formula is C23H21ClFN3O2S. The molecule has 8 heteroatoms. The Balaban J connectivity index is 1.51. The Hall–Kier alpha value is -2.77. The van der Waals surface area contributed by atoms with Gasteiger partial charge in [0.05, 0.1) is 10.7 Å². The van der Waals surface area contributed by atoms with E-state index in [-0.39, 0.29) is 5.91 Å². The summed E-state index contributed by atoms with van der Waals surface area (Å²) in [4.78, 5) is 16.9. The van der Waals surface area contributed by atoms with Gasteiger partial charge in [-0.1, -0.05) is 18.0 Å². The number of hydrogen-bond donors (Lipinski definition) is 1. The van der Waals surface area contributed by atoms with Crippen molar-refractivity contribution in [3.8, 4) is 11.3 Å². The maximum absolute atomic E-state index is 13.6. The van der Waals surface area contributed by atoms with E-state index in [2.05, 4.69) is 10.3 Å². The standard InChI is InChI=1S/C23H21ClFN3O2S/c24-21-9-6-18(15-20(21)22-14-17(25)10-11-26-22)27-23(29)16-4-7-19(8-5-16)28-12-2-1-3-13-31(28)30/h4-11,14-15H,1-3,12-13H2,(H,27,29). The highest BCUT2D eigenvalue weighted by atomic mass is 35.5. The molecule has 1 atom stereocenters. The first-order valence-electron chi connectivity index (χ1n) is 10.0. The summed E-state index contributed by atoms with van der Waals surface area (Å²) < 4.78 is 27.8. The minimum absolute atomic E-state index is 0.288. The summed E-state index contributed by atoms with van der Waals surface area (Å²) >= 11 is 6.25. The molecule has 160 valence electrons. The summed E-state index contributed by atoms with van der Waals surface area (Å²) in [6.07, 6.45) is 4.42. The Morgan fingerprint density at radius 3 is 2.65 bits per heavy atom. The van der Waals surface area contributed by atoms with Crippen molar-refractivity contribution in [1.82, 2.24) is 4.98 Å². The van der Waals surface area contributed by atoms with Gasteiger partial charge in [-0.2, -0.15) is 0 Å². The van der Waals surface area contributed by atoms with E-state index >= 15 is 0 Å². The zero-order valence-corrected chi connectivity index (χ0v) is 18.3. The van der Waals surface area contributed by atoms with Crippen LogP contribution in [0.3, 0.4) is 0 Å². The molecule has 2 heterocycles. The number of pyridine rings is 1. The average molecular weight is 458 g/mol. The molecule has 0 bridgehead atoms. The number of carbonyl (C=O) groups is 1. The van der Waals surface area contributed by atoms with E-state index in [1.165, 1.54) is 18.3 Å². The molecule has 0 saturated carbocycles. The van der Waals surface area contributed by atoms with Crippen molar-refractivity contribution < 1.29 is 13.4 Å². The molecule has 0 radical (unpaired) electrons. The Morgan fingerprint density at radius 1 is 1.06 bits per heavy atom. The largest absolute Gasteiger partial charge is 0.322 e. The van der Waals surface area contributed by atoms with Crippen LogP contribution in [-0.2, 0) is 11.0 Å². The molecule has 2 aromatic carbocycles. The third-order valence-corrected chi connectivity index (χ3v) is 6.92. The van der Waals surface area contributed by atoms with Gasteiger partial charge < -0.3 is 5.32 Å². The molecule has 1 amide bonds. The maximum Gasteiger partial charge on any atom is 0.255 e. The van der Waals surface area contributed by atoms with Gasteiger partial charge in [-0.05, 0) is 61.4 Å². The molecule has 4 rings (SSSR count). The Kier molecular flexibility index (Phi) is 6.63. The van der Waals surface area contributed by atoms with Crippen molar-refractivity contribution in [2.75, 3.05) is 21.9 Å². The lowest BCUT2D eigenvalue weighted by Crippen LogP contribution is -2.26. The van der Waals surface area contributed by atoms with Crippen LogP contribution in [-0.4, -0.2) is 27.4 Å². The van der Waals surface area contributed by atoms with Crippen molar-refractivity contribution in [2.24, 2.45) is 0 Å². The molecule has 3 aromatic rings. The van der Waals surface area contributed by atoms with Crippen LogP contribution in [0.4, 0.5) is 15.8 Å². The molecular weight excluding hydrogens is 437 g/mol. The second kappa shape index (κ2) is 9.58. The average Bonchev–Trinajstić information content (AvgIpc) is 2.99.